The molecule has 1 aromatic carbocycles. The van der Waals surface area contributed by atoms with E-state index in [4.69, 9.17) is 0 Å². The van der Waals surface area contributed by atoms with Gasteiger partial charge in [-0.25, -0.2) is 4.98 Å². The van der Waals surface area contributed by atoms with E-state index in [0.29, 0.717) is 5.69 Å². The number of amides is 1. The van der Waals surface area contributed by atoms with Gasteiger partial charge in [0.05, 0.1) is 11.9 Å². The van der Waals surface area contributed by atoms with E-state index >= 15 is 0 Å². The minimum absolute atomic E-state index is 0.206. The van der Waals surface area contributed by atoms with Gasteiger partial charge in [0.1, 0.15) is 5.69 Å². The molecule has 0 spiro atoms. The Kier molecular flexibility index (Phi) is 5.97. The van der Waals surface area contributed by atoms with Crippen molar-refractivity contribution in [1.82, 2.24) is 4.98 Å². The predicted molar refractivity (Wildman–Crippen MR) is 96.4 cm³/mol. The van der Waals surface area contributed by atoms with Crippen LogP contribution in [0.1, 0.15) is 30.3 Å². The summed E-state index contributed by atoms with van der Waals surface area (Å²) >= 11 is 0. The highest BCUT2D eigenvalue weighted by Crippen LogP contribution is 2.16. The zero-order valence-electron chi connectivity index (χ0n) is 14.0. The zero-order chi connectivity index (χ0) is 16.7. The van der Waals surface area contributed by atoms with E-state index in [1.165, 1.54) is 0 Å². The van der Waals surface area contributed by atoms with Crippen LogP contribution in [0, 0.1) is 0 Å². The van der Waals surface area contributed by atoms with Gasteiger partial charge >= 0.3 is 0 Å². The van der Waals surface area contributed by atoms with Crippen LogP contribution in [0.3, 0.4) is 0 Å². The smallest absolute Gasteiger partial charge is 0.274 e. The van der Waals surface area contributed by atoms with E-state index in [9.17, 15) is 4.79 Å². The Balaban J connectivity index is 1.94. The van der Waals surface area contributed by atoms with Gasteiger partial charge in [-0.3, -0.25) is 4.79 Å². The van der Waals surface area contributed by atoms with E-state index in [2.05, 4.69) is 22.5 Å². The summed E-state index contributed by atoms with van der Waals surface area (Å²) in [5.41, 5.74) is 3.18. The Hall–Kier alpha value is -2.56. The van der Waals surface area contributed by atoms with E-state index < -0.39 is 0 Å². The first-order valence-electron chi connectivity index (χ1n) is 7.89. The van der Waals surface area contributed by atoms with Crippen molar-refractivity contribution in [3.63, 3.8) is 0 Å². The molecule has 5 heteroatoms. The minimum Gasteiger partial charge on any atom is -0.384 e. The summed E-state index contributed by atoms with van der Waals surface area (Å²) in [6.45, 7) is 3.07. The minimum atomic E-state index is -0.206. The lowest BCUT2D eigenvalue weighted by atomic mass is 10.2. The van der Waals surface area contributed by atoms with Crippen LogP contribution in [-0.2, 0) is 0 Å². The topological polar surface area (TPSA) is 57.3 Å². The Labute approximate surface area is 137 Å². The molecule has 0 bridgehead atoms. The van der Waals surface area contributed by atoms with Crippen molar-refractivity contribution in [2.45, 2.75) is 19.8 Å². The number of anilines is 3. The summed E-state index contributed by atoms with van der Waals surface area (Å²) in [4.78, 5) is 18.4. The molecule has 122 valence electrons. The molecule has 1 aromatic heterocycles. The fourth-order valence-corrected chi connectivity index (χ4v) is 2.08. The molecular formula is C18H24N4O. The van der Waals surface area contributed by atoms with Crippen LogP contribution in [0.5, 0.6) is 0 Å². The number of carbonyl (C=O) groups is 1. The fraction of sp³-hybridized carbons (Fsp3) is 0.333. The lowest BCUT2D eigenvalue weighted by Gasteiger charge is -2.13. The number of hydrogen-bond acceptors (Lipinski definition) is 4. The standard InChI is InChI=1S/C18H24N4O/c1-4-5-12-19-15-8-11-17(20-13-15)18(23)21-14-6-9-16(10-7-14)22(2)3/h6-11,13,19H,4-5,12H2,1-3H3,(H,21,23). The second-order valence-corrected chi connectivity index (χ2v) is 5.61. The van der Waals surface area contributed by atoms with Gasteiger partial charge in [0.15, 0.2) is 0 Å². The van der Waals surface area contributed by atoms with Gasteiger partial charge in [-0.15, -0.1) is 0 Å². The maximum absolute atomic E-state index is 12.2. The zero-order valence-corrected chi connectivity index (χ0v) is 14.0. The second kappa shape index (κ2) is 8.17. The molecule has 0 radical (unpaired) electrons. The van der Waals surface area contributed by atoms with E-state index in [-0.39, 0.29) is 5.91 Å². The normalized spacial score (nSPS) is 10.2. The van der Waals surface area contributed by atoms with Crippen molar-refractivity contribution >= 4 is 23.0 Å². The van der Waals surface area contributed by atoms with Crippen molar-refractivity contribution in [2.24, 2.45) is 0 Å². The lowest BCUT2D eigenvalue weighted by Crippen LogP contribution is -2.14. The molecule has 0 fully saturated rings. The molecule has 1 heterocycles. The van der Waals surface area contributed by atoms with Crippen molar-refractivity contribution in [1.29, 1.82) is 0 Å². The molecule has 0 saturated heterocycles. The van der Waals surface area contributed by atoms with Crippen molar-refractivity contribution in [3.8, 4) is 0 Å². The Bertz CT molecular complexity index is 620. The third kappa shape index (κ3) is 4.98. The van der Waals surface area contributed by atoms with E-state index in [1.54, 1.807) is 12.3 Å². The van der Waals surface area contributed by atoms with E-state index in [1.807, 2.05) is 49.3 Å². The molecule has 1 amide bonds. The monoisotopic (exact) mass is 312 g/mol. The molecule has 2 aromatic rings. The summed E-state index contributed by atoms with van der Waals surface area (Å²) in [5.74, 6) is -0.206. The van der Waals surface area contributed by atoms with Crippen LogP contribution >= 0.6 is 0 Å². The maximum atomic E-state index is 12.2. The molecule has 0 aliphatic carbocycles. The van der Waals surface area contributed by atoms with Crippen LogP contribution in [0.2, 0.25) is 0 Å². The molecule has 0 aliphatic rings. The average molecular weight is 312 g/mol. The highest BCUT2D eigenvalue weighted by molar-refractivity contribution is 6.03. The number of pyridine rings is 1. The maximum Gasteiger partial charge on any atom is 0.274 e. The van der Waals surface area contributed by atoms with Crippen LogP contribution in [-0.4, -0.2) is 31.5 Å². The van der Waals surface area contributed by atoms with Gasteiger partial charge in [-0.1, -0.05) is 13.3 Å². The summed E-state index contributed by atoms with van der Waals surface area (Å²) < 4.78 is 0. The number of carbonyl (C=O) groups excluding carboxylic acids is 1. The van der Waals surface area contributed by atoms with Gasteiger partial charge in [-0.05, 0) is 42.8 Å². The summed E-state index contributed by atoms with van der Waals surface area (Å²) in [6.07, 6.45) is 3.96. The van der Waals surface area contributed by atoms with Gasteiger partial charge in [0.2, 0.25) is 0 Å². The molecule has 0 aliphatic heterocycles. The van der Waals surface area contributed by atoms with Crippen LogP contribution in [0.25, 0.3) is 0 Å². The lowest BCUT2D eigenvalue weighted by molar-refractivity contribution is 0.102. The Morgan fingerprint density at radius 2 is 1.78 bits per heavy atom. The van der Waals surface area contributed by atoms with Gasteiger partial charge in [0, 0.05) is 32.0 Å². The number of benzene rings is 1. The molecule has 2 rings (SSSR count). The first-order chi connectivity index (χ1) is 11.1. The fourth-order valence-electron chi connectivity index (χ4n) is 2.08. The second-order valence-electron chi connectivity index (χ2n) is 5.61. The molecule has 0 atom stereocenters. The SMILES string of the molecule is CCCCNc1ccc(C(=O)Nc2ccc(N(C)C)cc2)nc1. The van der Waals surface area contributed by atoms with E-state index in [0.717, 1.165) is 36.4 Å². The largest absolute Gasteiger partial charge is 0.384 e. The third-order valence-electron chi connectivity index (χ3n) is 3.50. The van der Waals surface area contributed by atoms with Crippen LogP contribution < -0.4 is 15.5 Å². The Morgan fingerprint density at radius 1 is 1.09 bits per heavy atom. The highest BCUT2D eigenvalue weighted by atomic mass is 16.1. The number of nitrogens with one attached hydrogen (secondary N) is 2. The molecule has 0 unspecified atom stereocenters. The van der Waals surface area contributed by atoms with Crippen molar-refractivity contribution in [2.75, 3.05) is 36.2 Å². The quantitative estimate of drug-likeness (QED) is 0.767. The highest BCUT2D eigenvalue weighted by Gasteiger charge is 2.07. The third-order valence-corrected chi connectivity index (χ3v) is 3.50. The average Bonchev–Trinajstić information content (AvgIpc) is 2.56. The molecule has 2 N–H and O–H groups in total. The van der Waals surface area contributed by atoms with Crippen molar-refractivity contribution < 1.29 is 4.79 Å². The number of nitrogens with zero attached hydrogens (tertiary/aromatic N) is 2. The first kappa shape index (κ1) is 16.8. The number of unbranched alkanes of at least 4 members (excludes halogenated alkanes) is 1. The number of hydrogen-bond donors (Lipinski definition) is 2. The summed E-state index contributed by atoms with van der Waals surface area (Å²) in [5, 5.41) is 6.14. The molecular weight excluding hydrogens is 288 g/mol. The van der Waals surface area contributed by atoms with Gasteiger partial charge < -0.3 is 15.5 Å². The van der Waals surface area contributed by atoms with Crippen LogP contribution in [0.15, 0.2) is 42.6 Å². The first-order valence-corrected chi connectivity index (χ1v) is 7.89. The Morgan fingerprint density at radius 3 is 2.35 bits per heavy atom. The number of rotatable bonds is 7. The molecule has 5 nitrogen and oxygen atoms in total. The molecule has 23 heavy (non-hydrogen) atoms. The predicted octanol–water partition coefficient (Wildman–Crippen LogP) is 3.61. The summed E-state index contributed by atoms with van der Waals surface area (Å²) in [7, 11) is 3.96. The van der Waals surface area contributed by atoms with Gasteiger partial charge in [0.25, 0.3) is 5.91 Å². The molecule has 0 saturated carbocycles. The van der Waals surface area contributed by atoms with Crippen molar-refractivity contribution in [3.05, 3.63) is 48.3 Å². The van der Waals surface area contributed by atoms with Gasteiger partial charge in [-0.2, -0.15) is 0 Å². The number of aromatic nitrogens is 1. The summed E-state index contributed by atoms with van der Waals surface area (Å²) in [6, 6.07) is 11.3. The van der Waals surface area contributed by atoms with Crippen LogP contribution in [0.4, 0.5) is 17.1 Å².